The monoisotopic (exact) mass is 382 g/mol. The molecule has 0 N–H and O–H groups in total. The lowest BCUT2D eigenvalue weighted by Gasteiger charge is -2.14. The molecule has 0 unspecified atom stereocenters. The van der Waals surface area contributed by atoms with Crippen molar-refractivity contribution in [3.63, 3.8) is 0 Å². The number of hydrogen-bond donors (Lipinski definition) is 0. The second kappa shape index (κ2) is 10.2. The van der Waals surface area contributed by atoms with Gasteiger partial charge in [0.25, 0.3) is 0 Å². The molecule has 0 heterocycles. The normalized spacial score (nSPS) is 10.5. The molecule has 0 radical (unpaired) electrons. The number of rotatable bonds is 9. The first-order chi connectivity index (χ1) is 13.5. The van der Waals surface area contributed by atoms with Gasteiger partial charge in [-0.05, 0) is 43.7 Å². The van der Waals surface area contributed by atoms with Crippen molar-refractivity contribution in [3.8, 4) is 23.0 Å². The summed E-state index contributed by atoms with van der Waals surface area (Å²) in [5.74, 6) is 1.86. The Morgan fingerprint density at radius 2 is 1.64 bits per heavy atom. The summed E-state index contributed by atoms with van der Waals surface area (Å²) in [5, 5.41) is 0. The number of methoxy groups -OCH3 is 3. The Hall–Kier alpha value is -3.21. The van der Waals surface area contributed by atoms with E-state index in [2.05, 4.69) is 0 Å². The minimum absolute atomic E-state index is 0.227. The van der Waals surface area contributed by atoms with Crippen molar-refractivity contribution in [2.24, 2.45) is 0 Å². The lowest BCUT2D eigenvalue weighted by molar-refractivity contribution is 0.104. The molecule has 0 bridgehead atoms. The zero-order valence-electron chi connectivity index (χ0n) is 16.9. The first kappa shape index (κ1) is 21.1. The summed E-state index contributed by atoms with van der Waals surface area (Å²) in [6, 6.07) is 10.8. The molecule has 0 aliphatic rings. The van der Waals surface area contributed by atoms with Gasteiger partial charge in [-0.2, -0.15) is 0 Å². The van der Waals surface area contributed by atoms with Crippen LogP contribution in [0.4, 0.5) is 0 Å². The van der Waals surface area contributed by atoms with Gasteiger partial charge < -0.3 is 18.9 Å². The van der Waals surface area contributed by atoms with Crippen LogP contribution >= 0.6 is 0 Å². The Bertz CT molecular complexity index is 877. The van der Waals surface area contributed by atoms with E-state index in [-0.39, 0.29) is 5.78 Å². The van der Waals surface area contributed by atoms with Crippen LogP contribution in [0.1, 0.15) is 29.8 Å². The first-order valence-electron chi connectivity index (χ1n) is 8.87. The molecule has 2 aromatic rings. The lowest BCUT2D eigenvalue weighted by Crippen LogP contribution is -2.06. The molecule has 0 aliphatic heterocycles. The average molecular weight is 382 g/mol. The quantitative estimate of drug-likeness (QED) is 0.349. The van der Waals surface area contributed by atoms with Gasteiger partial charge in [-0.3, -0.25) is 4.79 Å². The van der Waals surface area contributed by atoms with Gasteiger partial charge in [0.05, 0.1) is 21.3 Å². The fourth-order valence-electron chi connectivity index (χ4n) is 2.50. The summed E-state index contributed by atoms with van der Waals surface area (Å²) in [6.45, 7) is 4.31. The van der Waals surface area contributed by atoms with E-state index >= 15 is 0 Å². The molecular weight excluding hydrogens is 356 g/mol. The van der Waals surface area contributed by atoms with Crippen LogP contribution in [0.3, 0.4) is 0 Å². The third kappa shape index (κ3) is 5.64. The van der Waals surface area contributed by atoms with Crippen molar-refractivity contribution in [3.05, 3.63) is 65.3 Å². The minimum Gasteiger partial charge on any atom is -0.497 e. The van der Waals surface area contributed by atoms with Crippen LogP contribution < -0.4 is 18.9 Å². The van der Waals surface area contributed by atoms with Gasteiger partial charge in [0.1, 0.15) is 35.2 Å². The summed E-state index contributed by atoms with van der Waals surface area (Å²) >= 11 is 0. The maximum Gasteiger partial charge on any atom is 0.193 e. The van der Waals surface area contributed by atoms with Crippen LogP contribution in [-0.4, -0.2) is 33.7 Å². The molecule has 0 aliphatic carbocycles. The fourth-order valence-corrected chi connectivity index (χ4v) is 2.50. The number of ether oxygens (including phenoxy) is 4. The van der Waals surface area contributed by atoms with Crippen LogP contribution in [0.15, 0.2) is 54.1 Å². The Kier molecular flexibility index (Phi) is 7.69. The standard InChI is InChI=1S/C23H26O5/c1-16(2)11-12-28-22-15-19(26-4)14-21(27-5)23(22)20(24)10-9-17-7-6-8-18(13-17)25-3/h6-11,13-15H,12H2,1-5H3/b10-9+. The maximum absolute atomic E-state index is 12.9. The molecule has 0 saturated carbocycles. The zero-order valence-corrected chi connectivity index (χ0v) is 16.9. The third-order valence-corrected chi connectivity index (χ3v) is 3.99. The minimum atomic E-state index is -0.227. The fraction of sp³-hybridized carbons (Fsp3) is 0.261. The topological polar surface area (TPSA) is 54.0 Å². The summed E-state index contributed by atoms with van der Waals surface area (Å²) < 4.78 is 21.8. The molecule has 5 nitrogen and oxygen atoms in total. The van der Waals surface area contributed by atoms with E-state index < -0.39 is 0 Å². The van der Waals surface area contributed by atoms with E-state index in [0.29, 0.717) is 29.4 Å². The van der Waals surface area contributed by atoms with E-state index in [9.17, 15) is 4.79 Å². The van der Waals surface area contributed by atoms with Crippen molar-refractivity contribution in [2.75, 3.05) is 27.9 Å². The second-order valence-electron chi connectivity index (χ2n) is 6.27. The van der Waals surface area contributed by atoms with Crippen LogP contribution in [0.5, 0.6) is 23.0 Å². The van der Waals surface area contributed by atoms with E-state index in [0.717, 1.165) is 16.9 Å². The molecular formula is C23H26O5. The highest BCUT2D eigenvalue weighted by atomic mass is 16.5. The largest absolute Gasteiger partial charge is 0.497 e. The van der Waals surface area contributed by atoms with E-state index in [1.807, 2.05) is 44.2 Å². The van der Waals surface area contributed by atoms with Crippen molar-refractivity contribution < 1.29 is 23.7 Å². The predicted molar refractivity (Wildman–Crippen MR) is 111 cm³/mol. The number of carbonyl (C=O) groups is 1. The number of ketones is 1. The maximum atomic E-state index is 12.9. The number of allylic oxidation sites excluding steroid dienone is 2. The Labute approximate surface area is 166 Å². The van der Waals surface area contributed by atoms with E-state index in [4.69, 9.17) is 18.9 Å². The molecule has 0 spiro atoms. The first-order valence-corrected chi connectivity index (χ1v) is 8.87. The third-order valence-electron chi connectivity index (χ3n) is 3.99. The number of carbonyl (C=O) groups excluding carboxylic acids is 1. The lowest BCUT2D eigenvalue weighted by atomic mass is 10.1. The summed E-state index contributed by atoms with van der Waals surface area (Å²) in [6.07, 6.45) is 5.16. The summed E-state index contributed by atoms with van der Waals surface area (Å²) in [7, 11) is 4.67. The van der Waals surface area contributed by atoms with Gasteiger partial charge in [0.15, 0.2) is 5.78 Å². The van der Waals surface area contributed by atoms with Crippen molar-refractivity contribution in [2.45, 2.75) is 13.8 Å². The van der Waals surface area contributed by atoms with Gasteiger partial charge in [0.2, 0.25) is 0 Å². The molecule has 0 atom stereocenters. The average Bonchev–Trinajstić information content (AvgIpc) is 2.71. The SMILES string of the molecule is COc1cccc(/C=C/C(=O)c2c(OC)cc(OC)cc2OCC=C(C)C)c1. The Morgan fingerprint density at radius 3 is 2.29 bits per heavy atom. The highest BCUT2D eigenvalue weighted by molar-refractivity contribution is 6.10. The van der Waals surface area contributed by atoms with Crippen molar-refractivity contribution >= 4 is 11.9 Å². The smallest absolute Gasteiger partial charge is 0.193 e. The molecule has 0 saturated heterocycles. The number of benzene rings is 2. The van der Waals surface area contributed by atoms with Crippen LogP contribution in [0.25, 0.3) is 6.08 Å². The molecule has 148 valence electrons. The number of hydrogen-bond acceptors (Lipinski definition) is 5. The zero-order chi connectivity index (χ0) is 20.5. The highest BCUT2D eigenvalue weighted by Crippen LogP contribution is 2.35. The Morgan fingerprint density at radius 1 is 0.929 bits per heavy atom. The predicted octanol–water partition coefficient (Wildman–Crippen LogP) is 4.95. The molecule has 0 aromatic heterocycles. The molecule has 0 amide bonds. The molecule has 28 heavy (non-hydrogen) atoms. The summed E-state index contributed by atoms with van der Waals surface area (Å²) in [4.78, 5) is 12.9. The van der Waals surface area contributed by atoms with Crippen molar-refractivity contribution in [1.29, 1.82) is 0 Å². The van der Waals surface area contributed by atoms with Gasteiger partial charge in [-0.1, -0.05) is 23.8 Å². The molecule has 2 rings (SSSR count). The Balaban J connectivity index is 2.38. The van der Waals surface area contributed by atoms with Gasteiger partial charge in [0, 0.05) is 12.1 Å². The molecule has 5 heteroatoms. The summed E-state index contributed by atoms with van der Waals surface area (Å²) in [5.41, 5.74) is 2.33. The van der Waals surface area contributed by atoms with Crippen molar-refractivity contribution in [1.82, 2.24) is 0 Å². The van der Waals surface area contributed by atoms with Crippen LogP contribution in [0.2, 0.25) is 0 Å². The highest BCUT2D eigenvalue weighted by Gasteiger charge is 2.19. The van der Waals surface area contributed by atoms with Crippen LogP contribution in [0, 0.1) is 0 Å². The van der Waals surface area contributed by atoms with Gasteiger partial charge in [-0.15, -0.1) is 0 Å². The van der Waals surface area contributed by atoms with E-state index in [1.165, 1.54) is 13.2 Å². The van der Waals surface area contributed by atoms with Gasteiger partial charge >= 0.3 is 0 Å². The molecule has 0 fully saturated rings. The second-order valence-corrected chi connectivity index (χ2v) is 6.27. The van der Waals surface area contributed by atoms with E-state index in [1.54, 1.807) is 32.4 Å². The van der Waals surface area contributed by atoms with Gasteiger partial charge in [-0.25, -0.2) is 0 Å². The van der Waals surface area contributed by atoms with Crippen LogP contribution in [-0.2, 0) is 0 Å². The molecule has 2 aromatic carbocycles.